The predicted molar refractivity (Wildman–Crippen MR) is 83.4 cm³/mol. The molecule has 1 amide bonds. The number of non-ortho nitro benzene ring substituents is 1. The number of ether oxygens (including phenoxy) is 1. The van der Waals surface area contributed by atoms with Crippen molar-refractivity contribution in [3.63, 3.8) is 0 Å². The lowest BCUT2D eigenvalue weighted by atomic mass is 10.1. The second-order valence-corrected chi connectivity index (χ2v) is 4.69. The summed E-state index contributed by atoms with van der Waals surface area (Å²) in [5.41, 5.74) is 1.67. The SMILES string of the molecule is CCOc1ccc([N+](=O)[O-])cc1C(=O)Nc1ccc(C)cc1. The molecular formula is C16H16N2O4. The van der Waals surface area contributed by atoms with E-state index < -0.39 is 10.8 Å². The fourth-order valence-electron chi connectivity index (χ4n) is 1.93. The van der Waals surface area contributed by atoms with Gasteiger partial charge in [-0.05, 0) is 32.0 Å². The second kappa shape index (κ2) is 6.71. The van der Waals surface area contributed by atoms with E-state index in [2.05, 4.69) is 5.32 Å². The summed E-state index contributed by atoms with van der Waals surface area (Å²) in [5, 5.41) is 13.6. The van der Waals surface area contributed by atoms with Crippen LogP contribution in [0.15, 0.2) is 42.5 Å². The molecule has 0 radical (unpaired) electrons. The monoisotopic (exact) mass is 300 g/mol. The first-order valence-electron chi connectivity index (χ1n) is 6.80. The number of nitro benzene ring substituents is 1. The first kappa shape index (κ1) is 15.5. The van der Waals surface area contributed by atoms with E-state index >= 15 is 0 Å². The Bertz CT molecular complexity index is 696. The van der Waals surface area contributed by atoms with Gasteiger partial charge in [0.05, 0.1) is 17.1 Å². The molecule has 6 heteroatoms. The van der Waals surface area contributed by atoms with Crippen molar-refractivity contribution in [3.8, 4) is 5.75 Å². The van der Waals surface area contributed by atoms with Gasteiger partial charge in [-0.3, -0.25) is 14.9 Å². The van der Waals surface area contributed by atoms with Gasteiger partial charge in [0.15, 0.2) is 0 Å². The molecule has 0 saturated heterocycles. The van der Waals surface area contributed by atoms with Gasteiger partial charge in [-0.1, -0.05) is 17.7 Å². The Labute approximate surface area is 127 Å². The Balaban J connectivity index is 2.31. The number of carbonyl (C=O) groups is 1. The fraction of sp³-hybridized carbons (Fsp3) is 0.188. The summed E-state index contributed by atoms with van der Waals surface area (Å²) in [4.78, 5) is 22.7. The number of nitrogens with one attached hydrogen (secondary N) is 1. The number of hydrogen-bond acceptors (Lipinski definition) is 4. The average molecular weight is 300 g/mol. The van der Waals surface area contributed by atoms with Crippen molar-refractivity contribution in [2.75, 3.05) is 11.9 Å². The van der Waals surface area contributed by atoms with Gasteiger partial charge in [0.1, 0.15) is 5.75 Å². The maximum Gasteiger partial charge on any atom is 0.270 e. The van der Waals surface area contributed by atoms with Gasteiger partial charge in [-0.15, -0.1) is 0 Å². The van der Waals surface area contributed by atoms with Crippen molar-refractivity contribution in [2.24, 2.45) is 0 Å². The molecule has 0 unspecified atom stereocenters. The van der Waals surface area contributed by atoms with Crippen molar-refractivity contribution in [2.45, 2.75) is 13.8 Å². The zero-order valence-corrected chi connectivity index (χ0v) is 12.3. The van der Waals surface area contributed by atoms with Crippen LogP contribution in [-0.2, 0) is 0 Å². The van der Waals surface area contributed by atoms with E-state index in [0.717, 1.165) is 5.56 Å². The fourth-order valence-corrected chi connectivity index (χ4v) is 1.93. The van der Waals surface area contributed by atoms with Crippen LogP contribution in [-0.4, -0.2) is 17.4 Å². The Hall–Kier alpha value is -2.89. The lowest BCUT2D eigenvalue weighted by Gasteiger charge is -2.10. The highest BCUT2D eigenvalue weighted by atomic mass is 16.6. The molecule has 0 spiro atoms. The Morgan fingerprint density at radius 2 is 1.91 bits per heavy atom. The molecule has 1 N–H and O–H groups in total. The minimum Gasteiger partial charge on any atom is -0.493 e. The molecule has 0 aliphatic heterocycles. The molecule has 0 atom stereocenters. The number of rotatable bonds is 5. The van der Waals surface area contributed by atoms with E-state index in [1.54, 1.807) is 19.1 Å². The van der Waals surface area contributed by atoms with Crippen LogP contribution in [0.1, 0.15) is 22.8 Å². The first-order chi connectivity index (χ1) is 10.5. The quantitative estimate of drug-likeness (QED) is 0.676. The number of nitro groups is 1. The summed E-state index contributed by atoms with van der Waals surface area (Å²) in [5.74, 6) is -0.131. The maximum atomic E-state index is 12.4. The Morgan fingerprint density at radius 1 is 1.23 bits per heavy atom. The van der Waals surface area contributed by atoms with E-state index in [0.29, 0.717) is 18.0 Å². The third kappa shape index (κ3) is 3.60. The zero-order chi connectivity index (χ0) is 16.1. The highest BCUT2D eigenvalue weighted by molar-refractivity contribution is 6.06. The van der Waals surface area contributed by atoms with Crippen LogP contribution in [0.2, 0.25) is 0 Å². The van der Waals surface area contributed by atoms with Crippen LogP contribution in [0.4, 0.5) is 11.4 Å². The number of aryl methyl sites for hydroxylation is 1. The van der Waals surface area contributed by atoms with Gasteiger partial charge in [-0.25, -0.2) is 0 Å². The smallest absolute Gasteiger partial charge is 0.270 e. The minimum atomic E-state index is -0.543. The number of amides is 1. The normalized spacial score (nSPS) is 10.1. The number of carbonyl (C=O) groups excluding carboxylic acids is 1. The van der Waals surface area contributed by atoms with Crippen LogP contribution >= 0.6 is 0 Å². The van der Waals surface area contributed by atoms with Gasteiger partial charge in [0, 0.05) is 17.8 Å². The van der Waals surface area contributed by atoms with E-state index in [4.69, 9.17) is 4.74 Å². The lowest BCUT2D eigenvalue weighted by molar-refractivity contribution is -0.384. The highest BCUT2D eigenvalue weighted by Gasteiger charge is 2.18. The lowest BCUT2D eigenvalue weighted by Crippen LogP contribution is -2.14. The number of hydrogen-bond donors (Lipinski definition) is 1. The molecule has 0 bridgehead atoms. The highest BCUT2D eigenvalue weighted by Crippen LogP contribution is 2.25. The van der Waals surface area contributed by atoms with Crippen LogP contribution in [0, 0.1) is 17.0 Å². The molecule has 0 heterocycles. The number of benzene rings is 2. The number of nitrogens with zero attached hydrogens (tertiary/aromatic N) is 1. The molecule has 0 aliphatic rings. The molecule has 2 aromatic rings. The largest absolute Gasteiger partial charge is 0.493 e. The van der Waals surface area contributed by atoms with Crippen LogP contribution in [0.3, 0.4) is 0 Å². The third-order valence-electron chi connectivity index (χ3n) is 3.03. The third-order valence-corrected chi connectivity index (χ3v) is 3.03. The summed E-state index contributed by atoms with van der Waals surface area (Å²) >= 11 is 0. The molecule has 0 aromatic heterocycles. The first-order valence-corrected chi connectivity index (χ1v) is 6.80. The summed E-state index contributed by atoms with van der Waals surface area (Å²) in [6.07, 6.45) is 0. The molecule has 22 heavy (non-hydrogen) atoms. The van der Waals surface area contributed by atoms with E-state index in [1.165, 1.54) is 18.2 Å². The molecule has 2 aromatic carbocycles. The van der Waals surface area contributed by atoms with Crippen molar-refractivity contribution < 1.29 is 14.5 Å². The van der Waals surface area contributed by atoms with Crippen LogP contribution in [0.25, 0.3) is 0 Å². The van der Waals surface area contributed by atoms with Gasteiger partial charge in [0.25, 0.3) is 11.6 Å². The van der Waals surface area contributed by atoms with Gasteiger partial charge < -0.3 is 10.1 Å². The molecule has 0 aliphatic carbocycles. The van der Waals surface area contributed by atoms with E-state index in [-0.39, 0.29) is 11.3 Å². The van der Waals surface area contributed by atoms with E-state index in [9.17, 15) is 14.9 Å². The summed E-state index contributed by atoms with van der Waals surface area (Å²) < 4.78 is 5.37. The Morgan fingerprint density at radius 3 is 2.50 bits per heavy atom. The molecule has 6 nitrogen and oxygen atoms in total. The maximum absolute atomic E-state index is 12.4. The summed E-state index contributed by atoms with van der Waals surface area (Å²) in [7, 11) is 0. The predicted octanol–water partition coefficient (Wildman–Crippen LogP) is 3.55. The average Bonchev–Trinajstić information content (AvgIpc) is 2.50. The standard InChI is InChI=1S/C16H16N2O4/c1-3-22-15-9-8-13(18(20)21)10-14(15)16(19)17-12-6-4-11(2)5-7-12/h4-10H,3H2,1-2H3,(H,17,19). The zero-order valence-electron chi connectivity index (χ0n) is 12.3. The van der Waals surface area contributed by atoms with Crippen molar-refractivity contribution >= 4 is 17.3 Å². The van der Waals surface area contributed by atoms with Gasteiger partial charge in [-0.2, -0.15) is 0 Å². The van der Waals surface area contributed by atoms with Crippen LogP contribution in [0.5, 0.6) is 5.75 Å². The molecule has 2 rings (SSSR count). The van der Waals surface area contributed by atoms with Crippen molar-refractivity contribution in [1.82, 2.24) is 0 Å². The Kier molecular flexibility index (Phi) is 4.73. The minimum absolute atomic E-state index is 0.136. The van der Waals surface area contributed by atoms with Crippen molar-refractivity contribution in [3.05, 3.63) is 63.7 Å². The second-order valence-electron chi connectivity index (χ2n) is 4.69. The van der Waals surface area contributed by atoms with Gasteiger partial charge in [0.2, 0.25) is 0 Å². The van der Waals surface area contributed by atoms with E-state index in [1.807, 2.05) is 19.1 Å². The summed E-state index contributed by atoms with van der Waals surface area (Å²) in [6, 6.07) is 11.2. The molecule has 114 valence electrons. The molecule has 0 saturated carbocycles. The van der Waals surface area contributed by atoms with Gasteiger partial charge >= 0.3 is 0 Å². The molecular weight excluding hydrogens is 284 g/mol. The van der Waals surface area contributed by atoms with Crippen LogP contribution < -0.4 is 10.1 Å². The topological polar surface area (TPSA) is 81.5 Å². The number of anilines is 1. The molecule has 0 fully saturated rings. The summed E-state index contributed by atoms with van der Waals surface area (Å²) in [6.45, 7) is 4.09. The van der Waals surface area contributed by atoms with Crippen molar-refractivity contribution in [1.29, 1.82) is 0 Å².